The highest BCUT2D eigenvalue weighted by Gasteiger charge is 2.17. The quantitative estimate of drug-likeness (QED) is 0.217. The van der Waals surface area contributed by atoms with Crippen molar-refractivity contribution in [2.75, 3.05) is 11.9 Å². The van der Waals surface area contributed by atoms with Gasteiger partial charge in [0.05, 0.1) is 22.5 Å². The van der Waals surface area contributed by atoms with E-state index in [0.29, 0.717) is 11.5 Å². The highest BCUT2D eigenvalue weighted by atomic mass is 32.1. The second kappa shape index (κ2) is 11.5. The molecule has 0 bridgehead atoms. The number of hydrogen-bond donors (Lipinski definition) is 1. The van der Waals surface area contributed by atoms with Crippen molar-refractivity contribution in [3.05, 3.63) is 90.0 Å². The van der Waals surface area contributed by atoms with Gasteiger partial charge in [-0.1, -0.05) is 48.6 Å². The van der Waals surface area contributed by atoms with E-state index in [4.69, 9.17) is 14.7 Å². The third-order valence-electron chi connectivity index (χ3n) is 6.15. The molecule has 7 nitrogen and oxygen atoms in total. The van der Waals surface area contributed by atoms with Crippen LogP contribution < -0.4 is 10.1 Å². The number of nitrogens with zero attached hydrogens (tertiary/aromatic N) is 5. The fourth-order valence-corrected chi connectivity index (χ4v) is 5.13. The maximum absolute atomic E-state index is 6.31. The summed E-state index contributed by atoms with van der Waals surface area (Å²) in [6, 6.07) is 16.4. The summed E-state index contributed by atoms with van der Waals surface area (Å²) in [7, 11) is 0. The number of aryl methyl sites for hydroxylation is 2. The molecule has 8 heteroatoms. The Kier molecular flexibility index (Phi) is 7.70. The Bertz CT molecular complexity index is 1500. The van der Waals surface area contributed by atoms with E-state index in [1.165, 1.54) is 0 Å². The predicted octanol–water partition coefficient (Wildman–Crippen LogP) is 7.30. The first kappa shape index (κ1) is 25.5. The second-order valence-electron chi connectivity index (χ2n) is 9.11. The average Bonchev–Trinajstić information content (AvgIpc) is 3.41. The molecule has 0 aliphatic rings. The molecule has 0 amide bonds. The first-order chi connectivity index (χ1) is 18.5. The lowest BCUT2D eigenvalue weighted by atomic mass is 9.98. The number of ether oxygens (including phenoxy) is 1. The van der Waals surface area contributed by atoms with Crippen molar-refractivity contribution in [1.29, 1.82) is 0 Å². The van der Waals surface area contributed by atoms with Gasteiger partial charge in [-0.2, -0.15) is 0 Å². The van der Waals surface area contributed by atoms with Crippen LogP contribution in [-0.4, -0.2) is 31.5 Å². The highest BCUT2D eigenvalue weighted by molar-refractivity contribution is 7.18. The van der Waals surface area contributed by atoms with E-state index in [0.717, 1.165) is 62.4 Å². The molecule has 3 aromatic heterocycles. The number of anilines is 1. The van der Waals surface area contributed by atoms with Crippen molar-refractivity contribution >= 4 is 16.5 Å². The van der Waals surface area contributed by atoms with Crippen LogP contribution in [0.25, 0.3) is 33.3 Å². The Morgan fingerprint density at radius 3 is 2.37 bits per heavy atom. The van der Waals surface area contributed by atoms with Crippen LogP contribution in [0.4, 0.5) is 5.13 Å². The first-order valence-corrected chi connectivity index (χ1v) is 13.5. The number of nitrogens with one attached hydrogen (secondary N) is 1. The zero-order valence-corrected chi connectivity index (χ0v) is 22.8. The molecule has 0 saturated heterocycles. The van der Waals surface area contributed by atoms with Crippen molar-refractivity contribution in [1.82, 2.24) is 24.9 Å². The van der Waals surface area contributed by atoms with Crippen LogP contribution in [0.5, 0.6) is 5.75 Å². The van der Waals surface area contributed by atoms with Crippen LogP contribution in [0.15, 0.2) is 73.3 Å². The van der Waals surface area contributed by atoms with Gasteiger partial charge in [-0.3, -0.25) is 4.98 Å². The normalized spacial score (nSPS) is 11.8. The first-order valence-electron chi connectivity index (χ1n) is 12.7. The molecule has 5 rings (SSSR count). The second-order valence-corrected chi connectivity index (χ2v) is 10.1. The maximum Gasteiger partial charge on any atom is 0.183 e. The summed E-state index contributed by atoms with van der Waals surface area (Å²) in [4.78, 5) is 24.0. The van der Waals surface area contributed by atoms with Crippen molar-refractivity contribution in [3.63, 3.8) is 0 Å². The van der Waals surface area contributed by atoms with E-state index in [9.17, 15) is 0 Å². The summed E-state index contributed by atoms with van der Waals surface area (Å²) in [6.07, 6.45) is 7.82. The molecule has 1 unspecified atom stereocenters. The van der Waals surface area contributed by atoms with Gasteiger partial charge in [0.1, 0.15) is 17.5 Å². The summed E-state index contributed by atoms with van der Waals surface area (Å²) in [6.45, 7) is 9.25. The summed E-state index contributed by atoms with van der Waals surface area (Å²) < 4.78 is 6.31. The molecule has 5 aromatic rings. The lowest BCUT2D eigenvalue weighted by Gasteiger charge is -2.18. The van der Waals surface area contributed by atoms with Crippen LogP contribution >= 0.6 is 11.3 Å². The standard InChI is InChI=1S/C30H30N6OS/c1-5-11-33-30-34-18-27(38-30)24-16-25(36-29(35-24)26-17-31-12-13-32-26)28-19(2)14-23(15-20(28)3)37-21(4)22-9-7-6-8-10-22/h6-10,12-18,21H,5,11H2,1-4H3,(H,33,34). The van der Waals surface area contributed by atoms with E-state index in [1.54, 1.807) is 29.9 Å². The van der Waals surface area contributed by atoms with Crippen LogP contribution in [0, 0.1) is 13.8 Å². The Balaban J connectivity index is 1.54. The molecular formula is C30H30N6OS. The van der Waals surface area contributed by atoms with Gasteiger partial charge < -0.3 is 10.1 Å². The zero-order valence-electron chi connectivity index (χ0n) is 22.0. The molecule has 0 fully saturated rings. The maximum atomic E-state index is 6.31. The van der Waals surface area contributed by atoms with Crippen molar-refractivity contribution in [2.45, 2.75) is 40.2 Å². The third kappa shape index (κ3) is 5.70. The van der Waals surface area contributed by atoms with Gasteiger partial charge in [0.15, 0.2) is 11.0 Å². The average molecular weight is 523 g/mol. The van der Waals surface area contributed by atoms with E-state index in [-0.39, 0.29) is 6.10 Å². The molecule has 1 atom stereocenters. The smallest absolute Gasteiger partial charge is 0.183 e. The van der Waals surface area contributed by atoms with Crippen LogP contribution in [0.1, 0.15) is 43.1 Å². The highest BCUT2D eigenvalue weighted by Crippen LogP contribution is 2.36. The molecule has 0 aliphatic carbocycles. The van der Waals surface area contributed by atoms with Crippen LogP contribution in [-0.2, 0) is 0 Å². The summed E-state index contributed by atoms with van der Waals surface area (Å²) in [5.74, 6) is 1.36. The number of hydrogen-bond acceptors (Lipinski definition) is 8. The van der Waals surface area contributed by atoms with E-state index >= 15 is 0 Å². The van der Waals surface area contributed by atoms with Gasteiger partial charge in [0, 0.05) is 30.7 Å². The molecule has 1 N–H and O–H groups in total. The fourth-order valence-electron chi connectivity index (χ4n) is 4.33. The minimum Gasteiger partial charge on any atom is -0.486 e. The molecule has 0 radical (unpaired) electrons. The van der Waals surface area contributed by atoms with E-state index in [2.05, 4.69) is 72.2 Å². The third-order valence-corrected chi connectivity index (χ3v) is 7.12. The molecule has 0 saturated carbocycles. The topological polar surface area (TPSA) is 85.7 Å². The minimum absolute atomic E-state index is 0.0587. The number of aromatic nitrogens is 5. The van der Waals surface area contributed by atoms with E-state index in [1.807, 2.05) is 30.5 Å². The van der Waals surface area contributed by atoms with Crippen molar-refractivity contribution in [2.24, 2.45) is 0 Å². The van der Waals surface area contributed by atoms with Gasteiger partial charge in [0.25, 0.3) is 0 Å². The minimum atomic E-state index is -0.0587. The Hall–Kier alpha value is -4.17. The fraction of sp³-hybridized carbons (Fsp3) is 0.233. The van der Waals surface area contributed by atoms with Crippen molar-refractivity contribution in [3.8, 4) is 39.1 Å². The molecular weight excluding hydrogens is 492 g/mol. The van der Waals surface area contributed by atoms with E-state index < -0.39 is 0 Å². The molecule has 3 heterocycles. The molecule has 192 valence electrons. The van der Waals surface area contributed by atoms with Crippen LogP contribution in [0.3, 0.4) is 0 Å². The van der Waals surface area contributed by atoms with Gasteiger partial charge in [-0.25, -0.2) is 19.9 Å². The van der Waals surface area contributed by atoms with Gasteiger partial charge in [-0.15, -0.1) is 0 Å². The lowest BCUT2D eigenvalue weighted by molar-refractivity contribution is 0.226. The lowest BCUT2D eigenvalue weighted by Crippen LogP contribution is -2.04. The monoisotopic (exact) mass is 522 g/mol. The zero-order chi connectivity index (χ0) is 26.5. The predicted molar refractivity (Wildman–Crippen MR) is 153 cm³/mol. The van der Waals surface area contributed by atoms with Gasteiger partial charge in [-0.05, 0) is 62.1 Å². The van der Waals surface area contributed by atoms with Gasteiger partial charge >= 0.3 is 0 Å². The number of benzene rings is 2. The molecule has 2 aromatic carbocycles. The summed E-state index contributed by atoms with van der Waals surface area (Å²) in [5, 5.41) is 4.24. The van der Waals surface area contributed by atoms with Crippen molar-refractivity contribution < 1.29 is 4.74 Å². The Morgan fingerprint density at radius 2 is 1.66 bits per heavy atom. The van der Waals surface area contributed by atoms with Crippen LogP contribution in [0.2, 0.25) is 0 Å². The number of thiazole rings is 1. The molecule has 38 heavy (non-hydrogen) atoms. The summed E-state index contributed by atoms with van der Waals surface area (Å²) in [5.41, 5.74) is 6.58. The Labute approximate surface area is 227 Å². The SMILES string of the molecule is CCCNc1ncc(-c2cc(-c3c(C)cc(OC(C)c4ccccc4)cc3C)nc(-c3cnccn3)n2)s1. The molecule has 0 spiro atoms. The largest absolute Gasteiger partial charge is 0.486 e. The molecule has 0 aliphatic heterocycles. The Morgan fingerprint density at radius 1 is 0.895 bits per heavy atom. The summed E-state index contributed by atoms with van der Waals surface area (Å²) >= 11 is 1.58. The number of rotatable bonds is 9. The van der Waals surface area contributed by atoms with Gasteiger partial charge in [0.2, 0.25) is 0 Å².